The van der Waals surface area contributed by atoms with Gasteiger partial charge in [-0.25, -0.2) is 14.6 Å². The van der Waals surface area contributed by atoms with E-state index in [1.54, 1.807) is 22.3 Å². The first kappa shape index (κ1) is 20.3. The molecule has 0 aromatic carbocycles. The van der Waals surface area contributed by atoms with Crippen LogP contribution in [0, 0.1) is 0 Å². The summed E-state index contributed by atoms with van der Waals surface area (Å²) in [5.74, 6) is 0. The van der Waals surface area contributed by atoms with E-state index < -0.39 is 5.60 Å². The Labute approximate surface area is 168 Å². The number of ether oxygens (including phenoxy) is 1. The van der Waals surface area contributed by atoms with Crippen LogP contribution >= 0.6 is 11.3 Å². The van der Waals surface area contributed by atoms with Gasteiger partial charge in [-0.3, -0.25) is 14.7 Å². The van der Waals surface area contributed by atoms with Gasteiger partial charge >= 0.3 is 12.1 Å². The van der Waals surface area contributed by atoms with Crippen molar-refractivity contribution in [1.29, 1.82) is 0 Å². The van der Waals surface area contributed by atoms with Crippen molar-refractivity contribution in [2.75, 3.05) is 26.2 Å². The predicted molar refractivity (Wildman–Crippen MR) is 105 cm³/mol. The molecule has 1 aromatic heterocycles. The van der Waals surface area contributed by atoms with Gasteiger partial charge in [0, 0.05) is 6.54 Å². The summed E-state index contributed by atoms with van der Waals surface area (Å²) in [5, 5.41) is 1.45. The molecule has 28 heavy (non-hydrogen) atoms. The quantitative estimate of drug-likeness (QED) is 0.719. The second kappa shape index (κ2) is 8.27. The number of amides is 3. The maximum atomic E-state index is 11.9. The molecule has 1 aromatic rings. The van der Waals surface area contributed by atoms with Gasteiger partial charge in [-0.2, -0.15) is 5.06 Å². The number of fused-ring (bicyclic) bond motifs is 4. The van der Waals surface area contributed by atoms with Gasteiger partial charge < -0.3 is 9.64 Å². The Morgan fingerprint density at radius 1 is 1.46 bits per heavy atom. The highest BCUT2D eigenvalue weighted by molar-refractivity contribution is 7.09. The van der Waals surface area contributed by atoms with Crippen LogP contribution in [0.5, 0.6) is 0 Å². The molecule has 3 aliphatic heterocycles. The van der Waals surface area contributed by atoms with E-state index in [1.807, 2.05) is 26.3 Å². The Kier molecular flexibility index (Phi) is 5.99. The Morgan fingerprint density at radius 2 is 2.25 bits per heavy atom. The normalized spacial score (nSPS) is 20.0. The Morgan fingerprint density at radius 3 is 2.89 bits per heavy atom. The number of aliphatic imine (C=N–C) groups is 1. The van der Waals surface area contributed by atoms with Crippen LogP contribution in [0.1, 0.15) is 37.4 Å². The lowest BCUT2D eigenvalue weighted by Crippen LogP contribution is -2.34. The van der Waals surface area contributed by atoms with E-state index >= 15 is 0 Å². The van der Waals surface area contributed by atoms with E-state index in [0.717, 1.165) is 10.6 Å². The number of thiazole rings is 1. The third kappa shape index (κ3) is 4.50. The Balaban J connectivity index is 0.000000169. The summed E-state index contributed by atoms with van der Waals surface area (Å²) >= 11 is 1.59. The number of hydrogen-bond donors (Lipinski definition) is 0. The topological polar surface area (TPSA) is 87.6 Å². The van der Waals surface area contributed by atoms with Gasteiger partial charge in [0.2, 0.25) is 0 Å². The van der Waals surface area contributed by atoms with Crippen molar-refractivity contribution < 1.29 is 19.2 Å². The van der Waals surface area contributed by atoms with Gasteiger partial charge in [-0.05, 0) is 20.8 Å². The molecule has 4 rings (SSSR count). The van der Waals surface area contributed by atoms with Crippen molar-refractivity contribution in [3.63, 3.8) is 0 Å². The molecule has 1 atom stereocenters. The minimum atomic E-state index is -0.423. The number of hydroxylamine groups is 2. The minimum Gasteiger partial charge on any atom is -0.443 e. The number of aromatic nitrogens is 1. The fourth-order valence-electron chi connectivity index (χ4n) is 2.92. The van der Waals surface area contributed by atoms with Crippen LogP contribution in [-0.4, -0.2) is 70.2 Å². The highest BCUT2D eigenvalue weighted by Crippen LogP contribution is 2.39. The van der Waals surface area contributed by atoms with Gasteiger partial charge in [-0.1, -0.05) is 6.08 Å². The highest BCUT2D eigenvalue weighted by Gasteiger charge is 2.45. The molecule has 0 aliphatic carbocycles. The number of urea groups is 1. The molecule has 0 unspecified atom stereocenters. The molecular weight excluding hydrogens is 382 g/mol. The van der Waals surface area contributed by atoms with Crippen molar-refractivity contribution in [3.8, 4) is 0 Å². The number of carbonyl (C=O) groups excluding carboxylic acids is 2. The SMILES string of the molecule is C=CCON1C(=O)N2Cc3ncsc3[C@@H]1C2.CC(C)(C)OC(=O)N1C=NCC1. The molecule has 3 amide bonds. The summed E-state index contributed by atoms with van der Waals surface area (Å²) in [6.07, 6.45) is 2.84. The van der Waals surface area contributed by atoms with E-state index in [2.05, 4.69) is 16.6 Å². The first-order valence-electron chi connectivity index (χ1n) is 9.04. The lowest BCUT2D eigenvalue weighted by molar-refractivity contribution is -0.118. The average molecular weight is 407 g/mol. The maximum absolute atomic E-state index is 11.9. The molecule has 0 spiro atoms. The first-order valence-corrected chi connectivity index (χ1v) is 9.92. The molecule has 4 heterocycles. The zero-order valence-electron chi connectivity index (χ0n) is 16.3. The van der Waals surface area contributed by atoms with Crippen LogP contribution in [0.15, 0.2) is 23.2 Å². The Hall–Kier alpha value is -2.46. The summed E-state index contributed by atoms with van der Waals surface area (Å²) in [7, 11) is 0. The lowest BCUT2D eigenvalue weighted by atomic mass is 10.1. The van der Waals surface area contributed by atoms with Crippen LogP contribution in [0.3, 0.4) is 0 Å². The summed E-state index contributed by atoms with van der Waals surface area (Å²) in [6.45, 7) is 12.1. The minimum absolute atomic E-state index is 0.00343. The number of hydrogen-bond acceptors (Lipinski definition) is 7. The first-order chi connectivity index (χ1) is 13.3. The molecule has 152 valence electrons. The molecule has 0 N–H and O–H groups in total. The van der Waals surface area contributed by atoms with Crippen LogP contribution < -0.4 is 0 Å². The summed E-state index contributed by atoms with van der Waals surface area (Å²) in [5.41, 5.74) is 2.40. The molecule has 1 saturated heterocycles. The van der Waals surface area contributed by atoms with Crippen LogP contribution in [-0.2, 0) is 16.1 Å². The molecular formula is C18H25N5O4S. The largest absolute Gasteiger partial charge is 0.443 e. The summed E-state index contributed by atoms with van der Waals surface area (Å²) in [6, 6.07) is -0.0687. The fourth-order valence-corrected chi connectivity index (χ4v) is 3.79. The third-order valence-corrected chi connectivity index (χ3v) is 5.07. The maximum Gasteiger partial charge on any atom is 0.415 e. The van der Waals surface area contributed by atoms with Gasteiger partial charge in [0.25, 0.3) is 0 Å². The van der Waals surface area contributed by atoms with E-state index in [4.69, 9.17) is 9.57 Å². The van der Waals surface area contributed by atoms with Gasteiger partial charge in [-0.15, -0.1) is 17.9 Å². The van der Waals surface area contributed by atoms with Crippen molar-refractivity contribution >= 4 is 29.8 Å². The zero-order chi connectivity index (χ0) is 20.3. The second-order valence-corrected chi connectivity index (χ2v) is 8.33. The predicted octanol–water partition coefficient (Wildman–Crippen LogP) is 2.82. The molecule has 3 aliphatic rings. The van der Waals surface area contributed by atoms with E-state index in [0.29, 0.717) is 32.8 Å². The molecule has 0 radical (unpaired) electrons. The monoisotopic (exact) mass is 407 g/mol. The lowest BCUT2D eigenvalue weighted by Gasteiger charge is -2.22. The Bertz CT molecular complexity index is 772. The summed E-state index contributed by atoms with van der Waals surface area (Å²) in [4.78, 5) is 41.2. The van der Waals surface area contributed by atoms with Crippen molar-refractivity contribution in [1.82, 2.24) is 19.8 Å². The van der Waals surface area contributed by atoms with Crippen LogP contribution in [0.2, 0.25) is 0 Å². The number of nitrogens with zero attached hydrogens (tertiary/aromatic N) is 5. The van der Waals surface area contributed by atoms with Crippen molar-refractivity contribution in [2.24, 2.45) is 4.99 Å². The average Bonchev–Trinajstić information content (AvgIpc) is 3.35. The van der Waals surface area contributed by atoms with Crippen LogP contribution in [0.4, 0.5) is 9.59 Å². The van der Waals surface area contributed by atoms with Gasteiger partial charge in [0.15, 0.2) is 0 Å². The standard InChI is InChI=1S/C10H11N3O2S.C8H14N2O2/c1-2-3-15-13-8-5-12(10(13)14)4-7-9(8)16-6-11-7;1-8(2,3)12-7(11)10-5-4-9-6-10/h2,6,8H,1,3-5H2;6H,4-5H2,1-3H3/t8-;/m0./s1. The molecule has 10 heteroatoms. The van der Waals surface area contributed by atoms with Crippen LogP contribution in [0.25, 0.3) is 0 Å². The third-order valence-electron chi connectivity index (χ3n) is 4.10. The highest BCUT2D eigenvalue weighted by atomic mass is 32.1. The van der Waals surface area contributed by atoms with Crippen molar-refractivity contribution in [3.05, 3.63) is 28.7 Å². The fraction of sp³-hybridized carbons (Fsp3) is 0.556. The summed E-state index contributed by atoms with van der Waals surface area (Å²) < 4.78 is 5.12. The van der Waals surface area contributed by atoms with Crippen molar-refractivity contribution in [2.45, 2.75) is 39.0 Å². The smallest absolute Gasteiger partial charge is 0.415 e. The van der Waals surface area contributed by atoms with E-state index in [1.165, 1.54) is 16.3 Å². The molecule has 2 bridgehead atoms. The van der Waals surface area contributed by atoms with E-state index in [9.17, 15) is 9.59 Å². The van der Waals surface area contributed by atoms with E-state index in [-0.39, 0.29) is 18.2 Å². The van der Waals surface area contributed by atoms with Gasteiger partial charge in [0.05, 0.1) is 48.7 Å². The zero-order valence-corrected chi connectivity index (χ0v) is 17.1. The second-order valence-electron chi connectivity index (χ2n) is 7.45. The number of rotatable bonds is 3. The molecule has 0 saturated carbocycles. The number of carbonyl (C=O) groups is 2. The molecule has 9 nitrogen and oxygen atoms in total. The van der Waals surface area contributed by atoms with Gasteiger partial charge in [0.1, 0.15) is 11.6 Å². The molecule has 1 fully saturated rings.